The molecule has 3 aromatic rings. The molecule has 0 amide bonds. The van der Waals surface area contributed by atoms with E-state index in [1.165, 1.54) is 18.5 Å². The summed E-state index contributed by atoms with van der Waals surface area (Å²) in [4.78, 5) is 14.5. The van der Waals surface area contributed by atoms with Gasteiger partial charge in [-0.3, -0.25) is 0 Å². The van der Waals surface area contributed by atoms with Crippen molar-refractivity contribution >= 4 is 16.7 Å². The van der Waals surface area contributed by atoms with Crippen LogP contribution in [0.5, 0.6) is 5.75 Å². The van der Waals surface area contributed by atoms with Crippen molar-refractivity contribution in [1.82, 2.24) is 15.0 Å². The fourth-order valence-corrected chi connectivity index (χ4v) is 3.68. The Labute approximate surface area is 147 Å². The van der Waals surface area contributed by atoms with Crippen molar-refractivity contribution in [3.63, 3.8) is 0 Å². The first-order valence-corrected chi connectivity index (χ1v) is 9.16. The van der Waals surface area contributed by atoms with Crippen LogP contribution in [-0.4, -0.2) is 34.1 Å². The van der Waals surface area contributed by atoms with E-state index in [-0.39, 0.29) is 6.10 Å². The van der Waals surface area contributed by atoms with Crippen LogP contribution < -0.4 is 9.64 Å². The number of nitrogens with zero attached hydrogens (tertiary/aromatic N) is 3. The summed E-state index contributed by atoms with van der Waals surface area (Å²) in [5.74, 6) is 2.72. The molecule has 0 unspecified atom stereocenters. The van der Waals surface area contributed by atoms with E-state index in [2.05, 4.69) is 44.1 Å². The molecule has 2 fully saturated rings. The number of benzene rings is 1. The number of aromatic nitrogens is 3. The molecule has 1 aliphatic carbocycles. The normalized spacial score (nSPS) is 18.6. The van der Waals surface area contributed by atoms with E-state index in [9.17, 15) is 0 Å². The van der Waals surface area contributed by atoms with Gasteiger partial charge in [0.05, 0.1) is 0 Å². The highest BCUT2D eigenvalue weighted by Gasteiger charge is 2.27. The third-order valence-corrected chi connectivity index (χ3v) is 5.28. The summed E-state index contributed by atoms with van der Waals surface area (Å²) in [6.07, 6.45) is 8.54. The van der Waals surface area contributed by atoms with Crippen LogP contribution in [0.3, 0.4) is 0 Å². The second-order valence-corrected chi connectivity index (χ2v) is 7.07. The number of piperidine rings is 1. The first-order chi connectivity index (χ1) is 12.4. The molecular formula is C20H22N4O. The Morgan fingerprint density at radius 2 is 1.92 bits per heavy atom. The Hall–Kier alpha value is -2.56. The number of H-pyrrole nitrogens is 1. The molecule has 128 valence electrons. The van der Waals surface area contributed by atoms with Gasteiger partial charge in [0.15, 0.2) is 0 Å². The van der Waals surface area contributed by atoms with Crippen molar-refractivity contribution < 1.29 is 4.74 Å². The molecule has 3 heterocycles. The predicted molar refractivity (Wildman–Crippen MR) is 98.2 cm³/mol. The van der Waals surface area contributed by atoms with Gasteiger partial charge in [0.2, 0.25) is 0 Å². The minimum Gasteiger partial charge on any atom is -0.490 e. The molecule has 25 heavy (non-hydrogen) atoms. The van der Waals surface area contributed by atoms with Crippen LogP contribution in [0.4, 0.5) is 5.82 Å². The van der Waals surface area contributed by atoms with Crippen molar-refractivity contribution in [2.75, 3.05) is 18.0 Å². The van der Waals surface area contributed by atoms with Crippen LogP contribution in [0.1, 0.15) is 37.3 Å². The van der Waals surface area contributed by atoms with Gasteiger partial charge in [-0.15, -0.1) is 0 Å². The SMILES string of the molecule is c1cc(OC2CCN(c3cc(C4CC4)ncn3)CC2)c2cc[nH]c2c1. The van der Waals surface area contributed by atoms with E-state index >= 15 is 0 Å². The summed E-state index contributed by atoms with van der Waals surface area (Å²) >= 11 is 0. The van der Waals surface area contributed by atoms with Crippen molar-refractivity contribution in [3.05, 3.63) is 48.5 Å². The molecule has 1 aliphatic heterocycles. The maximum absolute atomic E-state index is 6.30. The maximum atomic E-state index is 6.30. The second-order valence-electron chi connectivity index (χ2n) is 7.07. The largest absolute Gasteiger partial charge is 0.490 e. The zero-order valence-corrected chi connectivity index (χ0v) is 14.2. The third-order valence-electron chi connectivity index (χ3n) is 5.28. The molecule has 0 radical (unpaired) electrons. The topological polar surface area (TPSA) is 54.0 Å². The molecule has 0 atom stereocenters. The zero-order chi connectivity index (χ0) is 16.6. The summed E-state index contributed by atoms with van der Waals surface area (Å²) in [5.41, 5.74) is 2.34. The summed E-state index contributed by atoms with van der Waals surface area (Å²) in [6.45, 7) is 1.96. The highest BCUT2D eigenvalue weighted by molar-refractivity contribution is 5.85. The summed E-state index contributed by atoms with van der Waals surface area (Å²) < 4.78 is 6.30. The van der Waals surface area contributed by atoms with Gasteiger partial charge >= 0.3 is 0 Å². The lowest BCUT2D eigenvalue weighted by atomic mass is 10.1. The molecule has 5 nitrogen and oxygen atoms in total. The minimum absolute atomic E-state index is 0.265. The highest BCUT2D eigenvalue weighted by Crippen LogP contribution is 2.39. The van der Waals surface area contributed by atoms with Crippen molar-refractivity contribution in [1.29, 1.82) is 0 Å². The fraction of sp³-hybridized carbons (Fsp3) is 0.400. The standard InChI is InChI=1S/C20H22N4O/c1-2-17-16(6-9-21-17)19(3-1)25-15-7-10-24(11-8-15)20-12-18(14-4-5-14)22-13-23-20/h1-3,6,9,12-15,21H,4-5,7-8,10-11H2. The van der Waals surface area contributed by atoms with Crippen molar-refractivity contribution in [2.45, 2.75) is 37.7 Å². The van der Waals surface area contributed by atoms with Crippen molar-refractivity contribution in [2.24, 2.45) is 0 Å². The Morgan fingerprint density at radius 3 is 2.76 bits per heavy atom. The second kappa shape index (κ2) is 6.06. The maximum Gasteiger partial charge on any atom is 0.132 e. The molecule has 5 heteroatoms. The lowest BCUT2D eigenvalue weighted by molar-refractivity contribution is 0.173. The lowest BCUT2D eigenvalue weighted by Gasteiger charge is -2.33. The molecule has 1 saturated carbocycles. The van der Waals surface area contributed by atoms with E-state index in [1.807, 2.05) is 12.3 Å². The fourth-order valence-electron chi connectivity index (χ4n) is 3.68. The van der Waals surface area contributed by atoms with Crippen LogP contribution in [0.2, 0.25) is 0 Å². The number of hydrogen-bond acceptors (Lipinski definition) is 4. The van der Waals surface area contributed by atoms with Gasteiger partial charge < -0.3 is 14.6 Å². The number of nitrogens with one attached hydrogen (secondary N) is 1. The molecule has 1 N–H and O–H groups in total. The Kier molecular flexibility index (Phi) is 3.58. The molecule has 5 rings (SSSR count). The van der Waals surface area contributed by atoms with E-state index < -0.39 is 0 Å². The molecule has 0 bridgehead atoms. The Bertz CT molecular complexity index is 878. The van der Waals surface area contributed by atoms with Gasteiger partial charge in [0, 0.05) is 60.7 Å². The summed E-state index contributed by atoms with van der Waals surface area (Å²) in [6, 6.07) is 10.5. The van der Waals surface area contributed by atoms with E-state index in [0.717, 1.165) is 48.4 Å². The average molecular weight is 334 g/mol. The van der Waals surface area contributed by atoms with Gasteiger partial charge in [0.25, 0.3) is 0 Å². The van der Waals surface area contributed by atoms with Crippen LogP contribution in [0.15, 0.2) is 42.9 Å². The number of aromatic amines is 1. The van der Waals surface area contributed by atoms with E-state index in [4.69, 9.17) is 4.74 Å². The molecule has 2 aliphatic rings. The van der Waals surface area contributed by atoms with Gasteiger partial charge in [-0.2, -0.15) is 0 Å². The molecule has 1 aromatic carbocycles. The number of ether oxygens (including phenoxy) is 1. The van der Waals surface area contributed by atoms with Gasteiger partial charge in [0.1, 0.15) is 24.0 Å². The van der Waals surface area contributed by atoms with E-state index in [0.29, 0.717) is 5.92 Å². The molecule has 1 saturated heterocycles. The zero-order valence-electron chi connectivity index (χ0n) is 14.2. The quantitative estimate of drug-likeness (QED) is 0.786. The van der Waals surface area contributed by atoms with Crippen molar-refractivity contribution in [3.8, 4) is 5.75 Å². The first kappa shape index (κ1) is 14.8. The average Bonchev–Trinajstić information content (AvgIpc) is 3.40. The first-order valence-electron chi connectivity index (χ1n) is 9.16. The Balaban J connectivity index is 1.25. The molecule has 2 aromatic heterocycles. The monoisotopic (exact) mass is 334 g/mol. The molecule has 0 spiro atoms. The lowest BCUT2D eigenvalue weighted by Crippen LogP contribution is -2.38. The Morgan fingerprint density at radius 1 is 1.04 bits per heavy atom. The third kappa shape index (κ3) is 2.95. The predicted octanol–water partition coefficient (Wildman–Crippen LogP) is 3.88. The summed E-state index contributed by atoms with van der Waals surface area (Å²) in [7, 11) is 0. The van der Waals surface area contributed by atoms with Crippen LogP contribution in [0.25, 0.3) is 10.9 Å². The van der Waals surface area contributed by atoms with Crippen LogP contribution >= 0.6 is 0 Å². The van der Waals surface area contributed by atoms with Gasteiger partial charge in [-0.1, -0.05) is 6.07 Å². The number of hydrogen-bond donors (Lipinski definition) is 1. The minimum atomic E-state index is 0.265. The van der Waals surface area contributed by atoms with Crippen LogP contribution in [-0.2, 0) is 0 Å². The number of fused-ring (bicyclic) bond motifs is 1. The number of rotatable bonds is 4. The highest BCUT2D eigenvalue weighted by atomic mass is 16.5. The summed E-state index contributed by atoms with van der Waals surface area (Å²) in [5, 5.41) is 1.16. The van der Waals surface area contributed by atoms with Crippen LogP contribution in [0, 0.1) is 0 Å². The van der Waals surface area contributed by atoms with Gasteiger partial charge in [-0.05, 0) is 31.0 Å². The van der Waals surface area contributed by atoms with Gasteiger partial charge in [-0.25, -0.2) is 9.97 Å². The number of anilines is 1. The molecular weight excluding hydrogens is 312 g/mol. The van der Waals surface area contributed by atoms with E-state index in [1.54, 1.807) is 6.33 Å². The smallest absolute Gasteiger partial charge is 0.132 e.